The van der Waals surface area contributed by atoms with E-state index in [1.807, 2.05) is 6.92 Å². The topological polar surface area (TPSA) is 115 Å². The maximum Gasteiger partial charge on any atom is 0.330 e. The molecule has 8 nitrogen and oxygen atoms in total. The zero-order valence-electron chi connectivity index (χ0n) is 23.3. The van der Waals surface area contributed by atoms with Crippen molar-refractivity contribution in [3.8, 4) is 0 Å². The third-order valence-corrected chi connectivity index (χ3v) is 6.06. The van der Waals surface area contributed by atoms with Crippen LogP contribution in [0.4, 0.5) is 5.69 Å². The number of carboxylic acid groups (broad SMARTS) is 1. The molecule has 1 atom stereocenters. The van der Waals surface area contributed by atoms with E-state index in [0.29, 0.717) is 33.5 Å². The van der Waals surface area contributed by atoms with Gasteiger partial charge in [0.1, 0.15) is 11.2 Å². The molecule has 0 saturated carbocycles. The molecular formula is C30H35ClN2O6. The van der Waals surface area contributed by atoms with Gasteiger partial charge in [0, 0.05) is 22.3 Å². The number of ether oxygens (including phenoxy) is 2. The van der Waals surface area contributed by atoms with Crippen molar-refractivity contribution in [2.45, 2.75) is 78.0 Å². The van der Waals surface area contributed by atoms with Crippen molar-refractivity contribution in [1.82, 2.24) is 4.98 Å². The van der Waals surface area contributed by atoms with Gasteiger partial charge in [0.25, 0.3) is 0 Å². The van der Waals surface area contributed by atoms with E-state index in [1.54, 1.807) is 84.0 Å². The van der Waals surface area contributed by atoms with Gasteiger partial charge in [0.05, 0.1) is 5.69 Å². The summed E-state index contributed by atoms with van der Waals surface area (Å²) in [6.07, 6.45) is 2.16. The van der Waals surface area contributed by atoms with Crippen molar-refractivity contribution in [2.75, 3.05) is 5.32 Å². The summed E-state index contributed by atoms with van der Waals surface area (Å²) in [5.74, 6) is -3.98. The molecule has 0 spiro atoms. The van der Waals surface area contributed by atoms with E-state index in [0.717, 1.165) is 5.56 Å². The molecule has 3 rings (SSSR count). The lowest BCUT2D eigenvalue weighted by Gasteiger charge is -2.26. The van der Waals surface area contributed by atoms with Crippen molar-refractivity contribution < 1.29 is 29.0 Å². The van der Waals surface area contributed by atoms with Crippen LogP contribution in [0.2, 0.25) is 5.02 Å². The Balaban J connectivity index is 2.03. The normalized spacial score (nSPS) is 12.7. The Morgan fingerprint density at radius 1 is 0.949 bits per heavy atom. The fourth-order valence-electron chi connectivity index (χ4n) is 4.06. The number of nitrogens with one attached hydrogen (secondary N) is 1. The molecular weight excluding hydrogens is 520 g/mol. The number of fused-ring (bicyclic) bond motifs is 1. The Morgan fingerprint density at radius 3 is 2.10 bits per heavy atom. The average Bonchev–Trinajstić information content (AvgIpc) is 2.80. The highest BCUT2D eigenvalue weighted by Crippen LogP contribution is 2.32. The molecule has 0 radical (unpaired) electrons. The first kappa shape index (κ1) is 29.9. The number of rotatable bonds is 8. The van der Waals surface area contributed by atoms with Crippen LogP contribution in [0.5, 0.6) is 0 Å². The van der Waals surface area contributed by atoms with Crippen molar-refractivity contribution in [3.05, 3.63) is 70.5 Å². The molecule has 0 aliphatic heterocycles. The van der Waals surface area contributed by atoms with Crippen LogP contribution in [-0.4, -0.2) is 39.2 Å². The Bertz CT molecular complexity index is 1360. The number of nitrogens with zero attached hydrogens (tertiary/aromatic N) is 1. The number of hydrogen-bond acceptors (Lipinski definition) is 7. The highest BCUT2D eigenvalue weighted by Gasteiger charge is 2.38. The second kappa shape index (κ2) is 11.6. The van der Waals surface area contributed by atoms with Crippen molar-refractivity contribution >= 4 is 46.0 Å². The van der Waals surface area contributed by atoms with Gasteiger partial charge in [-0.15, -0.1) is 0 Å². The zero-order chi connectivity index (χ0) is 29.1. The second-order valence-electron chi connectivity index (χ2n) is 11.3. The summed E-state index contributed by atoms with van der Waals surface area (Å²) in [5, 5.41) is 14.8. The van der Waals surface area contributed by atoms with E-state index in [2.05, 4.69) is 10.3 Å². The van der Waals surface area contributed by atoms with E-state index >= 15 is 0 Å². The predicted molar refractivity (Wildman–Crippen MR) is 151 cm³/mol. The number of pyridine rings is 1. The first-order valence-corrected chi connectivity index (χ1v) is 13.1. The average molecular weight is 555 g/mol. The quantitative estimate of drug-likeness (QED) is 0.241. The first-order chi connectivity index (χ1) is 18.1. The Hall–Kier alpha value is -3.65. The number of carboxylic acids is 1. The molecule has 1 unspecified atom stereocenters. The van der Waals surface area contributed by atoms with Crippen LogP contribution in [0.25, 0.3) is 10.8 Å². The standard InChI is InChI=1S/C30H35ClN2O6/c1-8-17-15-19(9-12-22(17)31)24(26(34)35)33-20-10-11-21-18(16-20)13-14-32-25(21)23(27(36)38-29(2,3)4)28(37)39-30(5,6)7/h9-16,23-24,33H,8H2,1-7H3,(H,34,35). The smallest absolute Gasteiger partial charge is 0.330 e. The number of esters is 2. The SMILES string of the molecule is CCc1cc(C(Nc2ccc3c(C(C(=O)OC(C)(C)C)C(=O)OC(C)(C)C)nccc3c2)C(=O)O)ccc1Cl. The lowest BCUT2D eigenvalue weighted by Crippen LogP contribution is -2.36. The van der Waals surface area contributed by atoms with E-state index in [1.165, 1.54) is 6.20 Å². The second-order valence-corrected chi connectivity index (χ2v) is 11.7. The molecule has 0 aliphatic carbocycles. The van der Waals surface area contributed by atoms with Crippen LogP contribution in [0, 0.1) is 0 Å². The number of carbonyl (C=O) groups is 3. The van der Waals surface area contributed by atoms with Crippen LogP contribution in [0.15, 0.2) is 48.7 Å². The van der Waals surface area contributed by atoms with Crippen LogP contribution in [0.3, 0.4) is 0 Å². The maximum atomic E-state index is 13.2. The summed E-state index contributed by atoms with van der Waals surface area (Å²) in [7, 11) is 0. The molecule has 1 aromatic heterocycles. The summed E-state index contributed by atoms with van der Waals surface area (Å²) >= 11 is 6.22. The van der Waals surface area contributed by atoms with Crippen LogP contribution < -0.4 is 5.32 Å². The Morgan fingerprint density at radius 2 is 1.56 bits per heavy atom. The predicted octanol–water partition coefficient (Wildman–Crippen LogP) is 6.46. The van der Waals surface area contributed by atoms with Gasteiger partial charge in [-0.05, 0) is 88.7 Å². The van der Waals surface area contributed by atoms with Crippen molar-refractivity contribution in [3.63, 3.8) is 0 Å². The van der Waals surface area contributed by atoms with E-state index < -0.39 is 41.1 Å². The third-order valence-electron chi connectivity index (χ3n) is 5.70. The number of aliphatic carboxylic acids is 1. The number of carbonyl (C=O) groups excluding carboxylic acids is 2. The number of benzene rings is 2. The number of halogens is 1. The van der Waals surface area contributed by atoms with Gasteiger partial charge in [0.15, 0.2) is 12.0 Å². The van der Waals surface area contributed by atoms with Gasteiger partial charge in [-0.3, -0.25) is 14.6 Å². The van der Waals surface area contributed by atoms with E-state index in [9.17, 15) is 19.5 Å². The first-order valence-electron chi connectivity index (χ1n) is 12.7. The van der Waals surface area contributed by atoms with Crippen LogP contribution in [-0.2, 0) is 30.3 Å². The third kappa shape index (κ3) is 7.69. The molecule has 2 N–H and O–H groups in total. The van der Waals surface area contributed by atoms with Gasteiger partial charge in [-0.25, -0.2) is 4.79 Å². The number of aryl methyl sites for hydroxylation is 1. The summed E-state index contributed by atoms with van der Waals surface area (Å²) < 4.78 is 11.1. The molecule has 2 aromatic carbocycles. The van der Waals surface area contributed by atoms with Gasteiger partial charge in [-0.2, -0.15) is 0 Å². The summed E-state index contributed by atoms with van der Waals surface area (Å²) in [6, 6.07) is 11.0. The monoisotopic (exact) mass is 554 g/mol. The molecule has 9 heteroatoms. The molecule has 1 heterocycles. The van der Waals surface area contributed by atoms with Gasteiger partial charge in [-0.1, -0.05) is 36.7 Å². The summed E-state index contributed by atoms with van der Waals surface area (Å²) in [6.45, 7) is 12.3. The minimum absolute atomic E-state index is 0.197. The molecule has 208 valence electrons. The molecule has 39 heavy (non-hydrogen) atoms. The largest absolute Gasteiger partial charge is 0.479 e. The molecule has 0 bridgehead atoms. The fraction of sp³-hybridized carbons (Fsp3) is 0.400. The molecule has 0 fully saturated rings. The lowest BCUT2D eigenvalue weighted by molar-refractivity contribution is -0.169. The molecule has 0 aliphatic rings. The summed E-state index contributed by atoms with van der Waals surface area (Å²) in [4.78, 5) is 42.9. The summed E-state index contributed by atoms with van der Waals surface area (Å²) in [5.41, 5.74) is 0.489. The molecule has 3 aromatic rings. The van der Waals surface area contributed by atoms with E-state index in [-0.39, 0.29) is 5.69 Å². The minimum atomic E-state index is -1.40. The Labute approximate surface area is 233 Å². The van der Waals surface area contributed by atoms with Gasteiger partial charge < -0.3 is 19.9 Å². The Kier molecular flexibility index (Phi) is 8.91. The highest BCUT2D eigenvalue weighted by atomic mass is 35.5. The zero-order valence-corrected chi connectivity index (χ0v) is 24.1. The lowest BCUT2D eigenvalue weighted by atomic mass is 9.97. The van der Waals surface area contributed by atoms with E-state index in [4.69, 9.17) is 21.1 Å². The maximum absolute atomic E-state index is 13.2. The minimum Gasteiger partial charge on any atom is -0.479 e. The van der Waals surface area contributed by atoms with Crippen molar-refractivity contribution in [2.24, 2.45) is 0 Å². The van der Waals surface area contributed by atoms with Crippen molar-refractivity contribution in [1.29, 1.82) is 0 Å². The number of aromatic nitrogens is 1. The number of hydrogen-bond donors (Lipinski definition) is 2. The van der Waals surface area contributed by atoms with Crippen LogP contribution >= 0.6 is 11.6 Å². The van der Waals surface area contributed by atoms with Gasteiger partial charge in [0.2, 0.25) is 0 Å². The number of anilines is 1. The molecule has 0 saturated heterocycles. The molecule has 0 amide bonds. The van der Waals surface area contributed by atoms with Gasteiger partial charge >= 0.3 is 17.9 Å². The van der Waals surface area contributed by atoms with Crippen LogP contribution in [0.1, 0.15) is 77.2 Å². The fourth-order valence-corrected chi connectivity index (χ4v) is 4.31. The highest BCUT2D eigenvalue weighted by molar-refractivity contribution is 6.31.